The second kappa shape index (κ2) is 9.56. The summed E-state index contributed by atoms with van der Waals surface area (Å²) in [5, 5.41) is 0. The first-order valence-corrected chi connectivity index (χ1v) is 3.67. The second-order valence-electron chi connectivity index (χ2n) is 0.947. The molecule has 0 atom stereocenters. The summed E-state index contributed by atoms with van der Waals surface area (Å²) in [6.45, 7) is 3.65. The SMILES string of the molecule is C[Si](C)O.[CH3-].[Y]. The third kappa shape index (κ3) is 59.0. The van der Waals surface area contributed by atoms with Gasteiger partial charge in [0.15, 0.2) is 9.04 Å². The maximum Gasteiger partial charge on any atom is 0.200 e. The molecule has 0 aliphatic carbocycles. The van der Waals surface area contributed by atoms with E-state index in [1.54, 1.807) is 0 Å². The van der Waals surface area contributed by atoms with Crippen molar-refractivity contribution in [2.75, 3.05) is 0 Å². The fraction of sp³-hybridized carbons (Fsp3) is 0.667. The average molecular weight is 179 g/mol. The zero-order chi connectivity index (χ0) is 3.58. The largest absolute Gasteiger partial charge is 0.432 e. The fourth-order valence-electron chi connectivity index (χ4n) is 0. The summed E-state index contributed by atoms with van der Waals surface area (Å²) in [6, 6.07) is 0. The molecule has 0 saturated carbocycles. The minimum atomic E-state index is -0.880. The molecule has 0 aromatic carbocycles. The van der Waals surface area contributed by atoms with Crippen LogP contribution in [-0.2, 0) is 32.7 Å². The van der Waals surface area contributed by atoms with E-state index in [0.29, 0.717) is 0 Å². The van der Waals surface area contributed by atoms with Gasteiger partial charge < -0.3 is 12.2 Å². The van der Waals surface area contributed by atoms with Gasteiger partial charge in [0.25, 0.3) is 0 Å². The van der Waals surface area contributed by atoms with Crippen molar-refractivity contribution < 1.29 is 37.5 Å². The van der Waals surface area contributed by atoms with Crippen LogP contribution in [0.4, 0.5) is 0 Å². The number of rotatable bonds is 0. The Morgan fingerprint density at radius 1 is 1.33 bits per heavy atom. The normalized spacial score (nSPS) is 6.00. The van der Waals surface area contributed by atoms with E-state index in [2.05, 4.69) is 0 Å². The van der Waals surface area contributed by atoms with Gasteiger partial charge in [0.05, 0.1) is 0 Å². The summed E-state index contributed by atoms with van der Waals surface area (Å²) in [7, 11) is -0.880. The Labute approximate surface area is 66.8 Å². The first-order chi connectivity index (χ1) is 1.73. The zero-order valence-electron chi connectivity index (χ0n) is 4.52. The smallest absolute Gasteiger partial charge is 0.200 e. The number of hydrogen-bond acceptors (Lipinski definition) is 1. The first-order valence-electron chi connectivity index (χ1n) is 1.22. The summed E-state index contributed by atoms with van der Waals surface area (Å²) in [5.41, 5.74) is 0. The molecule has 1 N–H and O–H groups in total. The standard InChI is InChI=1S/C2H7OSi.CH3.Y/c1-4(2)3;;/h3H,1-2H3;1H3;/q;-1;. The minimum Gasteiger partial charge on any atom is -0.432 e. The van der Waals surface area contributed by atoms with Crippen LogP contribution in [0.2, 0.25) is 13.1 Å². The fourth-order valence-corrected chi connectivity index (χ4v) is 0. The van der Waals surface area contributed by atoms with E-state index in [1.807, 2.05) is 13.1 Å². The van der Waals surface area contributed by atoms with Crippen LogP contribution in [0, 0.1) is 7.43 Å². The molecule has 6 heavy (non-hydrogen) atoms. The van der Waals surface area contributed by atoms with Gasteiger partial charge in [0.1, 0.15) is 0 Å². The molecule has 0 aromatic rings. The maximum absolute atomic E-state index is 8.16. The van der Waals surface area contributed by atoms with Gasteiger partial charge in [-0.1, -0.05) is 0 Å². The summed E-state index contributed by atoms with van der Waals surface area (Å²) in [5.74, 6) is 0. The van der Waals surface area contributed by atoms with Crippen molar-refractivity contribution in [3.63, 3.8) is 0 Å². The molecular weight excluding hydrogens is 169 g/mol. The third-order valence-electron chi connectivity index (χ3n) is 0. The van der Waals surface area contributed by atoms with Crippen LogP contribution in [0.25, 0.3) is 0 Å². The first kappa shape index (κ1) is 15.7. The van der Waals surface area contributed by atoms with E-state index in [4.69, 9.17) is 4.80 Å². The minimum absolute atomic E-state index is 0. The van der Waals surface area contributed by atoms with Crippen molar-refractivity contribution in [2.24, 2.45) is 0 Å². The van der Waals surface area contributed by atoms with Gasteiger partial charge >= 0.3 is 0 Å². The number of hydrogen-bond donors (Lipinski definition) is 1. The molecule has 3 heteroatoms. The summed E-state index contributed by atoms with van der Waals surface area (Å²) < 4.78 is 0. The van der Waals surface area contributed by atoms with Gasteiger partial charge in [-0.15, -0.1) is 0 Å². The van der Waals surface area contributed by atoms with Crippen LogP contribution in [0.1, 0.15) is 0 Å². The Kier molecular flexibility index (Phi) is 25.0. The van der Waals surface area contributed by atoms with Crippen molar-refractivity contribution in [2.45, 2.75) is 13.1 Å². The van der Waals surface area contributed by atoms with Crippen molar-refractivity contribution in [3.8, 4) is 0 Å². The van der Waals surface area contributed by atoms with Crippen molar-refractivity contribution in [1.82, 2.24) is 0 Å². The monoisotopic (exact) mass is 179 g/mol. The second-order valence-corrected chi connectivity index (χ2v) is 2.84. The summed E-state index contributed by atoms with van der Waals surface area (Å²) in [4.78, 5) is 8.16. The van der Waals surface area contributed by atoms with Crippen LogP contribution in [0.15, 0.2) is 0 Å². The molecule has 0 aliphatic heterocycles. The van der Waals surface area contributed by atoms with Gasteiger partial charge in [-0.2, -0.15) is 0 Å². The Balaban J connectivity index is -0.0000000450. The predicted octanol–water partition coefficient (Wildman–Crippen LogP) is 0.678. The predicted molar refractivity (Wildman–Crippen MR) is 26.1 cm³/mol. The van der Waals surface area contributed by atoms with Crippen LogP contribution < -0.4 is 0 Å². The van der Waals surface area contributed by atoms with Gasteiger partial charge in [-0.25, -0.2) is 0 Å². The van der Waals surface area contributed by atoms with Crippen molar-refractivity contribution >= 4 is 9.04 Å². The van der Waals surface area contributed by atoms with Crippen molar-refractivity contribution in [3.05, 3.63) is 7.43 Å². The van der Waals surface area contributed by atoms with Gasteiger partial charge in [0, 0.05) is 32.7 Å². The molecule has 0 rings (SSSR count). The molecular formula is C3H10OSiY-. The van der Waals surface area contributed by atoms with Crippen LogP contribution >= 0.6 is 0 Å². The molecule has 1 nitrogen and oxygen atoms in total. The molecule has 2 radical (unpaired) electrons. The third-order valence-corrected chi connectivity index (χ3v) is 0. The molecule has 36 valence electrons. The van der Waals surface area contributed by atoms with E-state index in [0.717, 1.165) is 0 Å². The van der Waals surface area contributed by atoms with Crippen LogP contribution in [0.5, 0.6) is 0 Å². The van der Waals surface area contributed by atoms with E-state index in [-0.39, 0.29) is 40.1 Å². The van der Waals surface area contributed by atoms with Gasteiger partial charge in [-0.05, 0) is 13.1 Å². The van der Waals surface area contributed by atoms with E-state index >= 15 is 0 Å². The average Bonchev–Trinajstić information content (AvgIpc) is 0.811. The molecule has 0 unspecified atom stereocenters. The Morgan fingerprint density at radius 3 is 1.33 bits per heavy atom. The molecule has 0 heterocycles. The molecule has 0 amide bonds. The molecule has 0 bridgehead atoms. The topological polar surface area (TPSA) is 20.2 Å². The van der Waals surface area contributed by atoms with Gasteiger partial charge in [-0.3, -0.25) is 0 Å². The maximum atomic E-state index is 8.16. The Bertz CT molecular complexity index is 15.5. The van der Waals surface area contributed by atoms with Crippen LogP contribution in [0.3, 0.4) is 0 Å². The van der Waals surface area contributed by atoms with Gasteiger partial charge in [0.2, 0.25) is 0 Å². The Morgan fingerprint density at radius 2 is 1.33 bits per heavy atom. The van der Waals surface area contributed by atoms with Crippen LogP contribution in [-0.4, -0.2) is 13.8 Å². The van der Waals surface area contributed by atoms with E-state index in [1.165, 1.54) is 0 Å². The Hall–Kier alpha value is 1.28. The quantitative estimate of drug-likeness (QED) is 0.428. The molecule has 0 aromatic heterocycles. The van der Waals surface area contributed by atoms with E-state index in [9.17, 15) is 0 Å². The molecule has 0 saturated heterocycles. The molecule has 0 fully saturated rings. The molecule has 0 spiro atoms. The van der Waals surface area contributed by atoms with E-state index < -0.39 is 9.04 Å². The molecule has 0 aliphatic rings. The summed E-state index contributed by atoms with van der Waals surface area (Å²) in [6.07, 6.45) is 0. The summed E-state index contributed by atoms with van der Waals surface area (Å²) >= 11 is 0. The van der Waals surface area contributed by atoms with Crippen molar-refractivity contribution in [1.29, 1.82) is 0 Å². The zero-order valence-corrected chi connectivity index (χ0v) is 8.36.